The summed E-state index contributed by atoms with van der Waals surface area (Å²) in [6, 6.07) is 21.0. The van der Waals surface area contributed by atoms with Gasteiger partial charge in [-0.15, -0.1) is 0 Å². The van der Waals surface area contributed by atoms with Crippen molar-refractivity contribution in [3.8, 4) is 0 Å². The van der Waals surface area contributed by atoms with E-state index < -0.39 is 15.9 Å². The number of nitrogens with zero attached hydrogens (tertiary/aromatic N) is 2. The van der Waals surface area contributed by atoms with Gasteiger partial charge in [0.25, 0.3) is 0 Å². The number of rotatable bonds is 9. The topological polar surface area (TPSA) is 86.8 Å². The molecule has 4 rings (SSSR count). The monoisotopic (exact) mass is 583 g/mol. The molecule has 0 radical (unpaired) electrons. The van der Waals surface area contributed by atoms with Crippen molar-refractivity contribution >= 4 is 43.5 Å². The molecule has 3 aromatic rings. The van der Waals surface area contributed by atoms with Gasteiger partial charge in [-0.05, 0) is 67.3 Å². The maximum atomic E-state index is 13.5. The molecule has 194 valence electrons. The molecule has 1 fully saturated rings. The fourth-order valence-corrected chi connectivity index (χ4v) is 5.85. The second kappa shape index (κ2) is 12.0. The van der Waals surface area contributed by atoms with Crippen molar-refractivity contribution in [2.45, 2.75) is 37.6 Å². The lowest BCUT2D eigenvalue weighted by atomic mass is 10.1. The molecule has 0 bridgehead atoms. The number of benzene rings is 3. The standard InChI is InChI=1S/C28H30BrN3O4S/c1-21-4-14-26(15-5-21)37(35,36)32(19-23-6-10-24(29)11-7-23)20-27(33)30-25-12-8-22(9-13-25)18-28(34)31-16-2-3-17-31/h4-15H,2-3,16-20H2,1H3,(H,30,33). The Labute approximate surface area is 226 Å². The van der Waals surface area contributed by atoms with Crippen LogP contribution in [0.1, 0.15) is 29.5 Å². The van der Waals surface area contributed by atoms with Crippen molar-refractivity contribution in [2.24, 2.45) is 0 Å². The van der Waals surface area contributed by atoms with Gasteiger partial charge < -0.3 is 10.2 Å². The Morgan fingerprint density at radius 3 is 2.11 bits per heavy atom. The van der Waals surface area contributed by atoms with E-state index in [1.807, 2.05) is 48.2 Å². The predicted octanol–water partition coefficient (Wildman–Crippen LogP) is 4.75. The van der Waals surface area contributed by atoms with Crippen LogP contribution in [0.25, 0.3) is 0 Å². The van der Waals surface area contributed by atoms with Crippen molar-refractivity contribution in [1.82, 2.24) is 9.21 Å². The van der Waals surface area contributed by atoms with E-state index in [0.29, 0.717) is 12.1 Å². The molecule has 2 amide bonds. The highest BCUT2D eigenvalue weighted by Crippen LogP contribution is 2.21. The van der Waals surface area contributed by atoms with Crippen LogP contribution >= 0.6 is 15.9 Å². The minimum Gasteiger partial charge on any atom is -0.342 e. The largest absolute Gasteiger partial charge is 0.342 e. The highest BCUT2D eigenvalue weighted by atomic mass is 79.9. The van der Waals surface area contributed by atoms with Gasteiger partial charge in [0.2, 0.25) is 21.8 Å². The normalized spacial score (nSPS) is 13.6. The molecule has 0 atom stereocenters. The number of anilines is 1. The maximum absolute atomic E-state index is 13.5. The van der Waals surface area contributed by atoms with E-state index in [-0.39, 0.29) is 23.9 Å². The summed E-state index contributed by atoms with van der Waals surface area (Å²) in [6.45, 7) is 3.22. The van der Waals surface area contributed by atoms with Crippen molar-refractivity contribution in [1.29, 1.82) is 0 Å². The van der Waals surface area contributed by atoms with Crippen LogP contribution in [0.15, 0.2) is 82.2 Å². The summed E-state index contributed by atoms with van der Waals surface area (Å²) in [6.07, 6.45) is 2.42. The summed E-state index contributed by atoms with van der Waals surface area (Å²) in [4.78, 5) is 27.4. The van der Waals surface area contributed by atoms with E-state index in [1.165, 1.54) is 4.31 Å². The van der Waals surface area contributed by atoms with E-state index in [4.69, 9.17) is 0 Å². The summed E-state index contributed by atoms with van der Waals surface area (Å²) < 4.78 is 29.0. The molecule has 3 aromatic carbocycles. The number of amides is 2. The first-order valence-corrected chi connectivity index (χ1v) is 14.4. The smallest absolute Gasteiger partial charge is 0.243 e. The molecule has 7 nitrogen and oxygen atoms in total. The lowest BCUT2D eigenvalue weighted by Gasteiger charge is -2.22. The molecule has 1 aliphatic heterocycles. The van der Waals surface area contributed by atoms with Crippen molar-refractivity contribution in [2.75, 3.05) is 25.0 Å². The number of halogens is 1. The molecule has 0 unspecified atom stereocenters. The minimum absolute atomic E-state index is 0.0501. The van der Waals surface area contributed by atoms with Gasteiger partial charge in [0, 0.05) is 29.8 Å². The van der Waals surface area contributed by atoms with Crippen molar-refractivity contribution in [3.63, 3.8) is 0 Å². The van der Waals surface area contributed by atoms with Crippen LogP contribution in [0.5, 0.6) is 0 Å². The second-order valence-electron chi connectivity index (χ2n) is 9.22. The van der Waals surface area contributed by atoms with Gasteiger partial charge in [-0.2, -0.15) is 4.31 Å². The number of carbonyl (C=O) groups is 2. The summed E-state index contributed by atoms with van der Waals surface area (Å²) in [5.41, 5.74) is 3.12. The fourth-order valence-electron chi connectivity index (χ4n) is 4.20. The Hall–Kier alpha value is -3.01. The average molecular weight is 585 g/mol. The Morgan fingerprint density at radius 1 is 0.892 bits per heavy atom. The van der Waals surface area contributed by atoms with Gasteiger partial charge in [0.05, 0.1) is 17.9 Å². The fraction of sp³-hybridized carbons (Fsp3) is 0.286. The third kappa shape index (κ3) is 7.28. The van der Waals surface area contributed by atoms with E-state index in [1.54, 1.807) is 36.4 Å². The van der Waals surface area contributed by atoms with Crippen LogP contribution in [-0.4, -0.2) is 49.1 Å². The Kier molecular flexibility index (Phi) is 8.79. The first-order chi connectivity index (χ1) is 17.7. The predicted molar refractivity (Wildman–Crippen MR) is 148 cm³/mol. The Balaban J connectivity index is 1.45. The van der Waals surface area contributed by atoms with E-state index >= 15 is 0 Å². The molecule has 1 N–H and O–H groups in total. The Bertz CT molecular complexity index is 1340. The molecular formula is C28H30BrN3O4S. The third-order valence-corrected chi connectivity index (χ3v) is 8.64. The molecule has 0 saturated carbocycles. The summed E-state index contributed by atoms with van der Waals surface area (Å²) >= 11 is 3.39. The summed E-state index contributed by atoms with van der Waals surface area (Å²) in [5.74, 6) is -0.340. The van der Waals surface area contributed by atoms with Crippen molar-refractivity contribution in [3.05, 3.63) is 94.0 Å². The molecule has 1 heterocycles. The number of carbonyl (C=O) groups excluding carboxylic acids is 2. The molecule has 1 saturated heterocycles. The number of likely N-dealkylation sites (tertiary alicyclic amines) is 1. The van der Waals surface area contributed by atoms with Gasteiger partial charge in [-0.3, -0.25) is 9.59 Å². The molecule has 9 heteroatoms. The van der Waals surface area contributed by atoms with Crippen LogP contribution in [-0.2, 0) is 32.6 Å². The molecule has 1 aliphatic rings. The molecule has 0 aromatic heterocycles. The maximum Gasteiger partial charge on any atom is 0.243 e. The van der Waals surface area contributed by atoms with Crippen LogP contribution in [0.3, 0.4) is 0 Å². The zero-order valence-electron chi connectivity index (χ0n) is 20.7. The van der Waals surface area contributed by atoms with Crippen molar-refractivity contribution < 1.29 is 18.0 Å². The van der Waals surface area contributed by atoms with Crippen LogP contribution in [0.2, 0.25) is 0 Å². The molecular weight excluding hydrogens is 554 g/mol. The van der Waals surface area contributed by atoms with Gasteiger partial charge in [-0.1, -0.05) is 57.9 Å². The molecule has 37 heavy (non-hydrogen) atoms. The zero-order chi connectivity index (χ0) is 26.4. The van der Waals surface area contributed by atoms with E-state index in [0.717, 1.165) is 47.1 Å². The zero-order valence-corrected chi connectivity index (χ0v) is 23.1. The first-order valence-electron chi connectivity index (χ1n) is 12.2. The Morgan fingerprint density at radius 2 is 1.49 bits per heavy atom. The number of hydrogen-bond acceptors (Lipinski definition) is 4. The molecule has 0 spiro atoms. The SMILES string of the molecule is Cc1ccc(S(=O)(=O)N(CC(=O)Nc2ccc(CC(=O)N3CCCC3)cc2)Cc2ccc(Br)cc2)cc1. The number of aryl methyl sites for hydroxylation is 1. The third-order valence-electron chi connectivity index (χ3n) is 6.30. The summed E-state index contributed by atoms with van der Waals surface area (Å²) in [7, 11) is -3.92. The highest BCUT2D eigenvalue weighted by molar-refractivity contribution is 9.10. The minimum atomic E-state index is -3.92. The average Bonchev–Trinajstić information content (AvgIpc) is 3.42. The number of sulfonamides is 1. The van der Waals surface area contributed by atoms with Crippen LogP contribution < -0.4 is 5.32 Å². The van der Waals surface area contributed by atoms with Gasteiger partial charge >= 0.3 is 0 Å². The first kappa shape index (κ1) is 27.0. The number of hydrogen-bond donors (Lipinski definition) is 1. The highest BCUT2D eigenvalue weighted by Gasteiger charge is 2.27. The lowest BCUT2D eigenvalue weighted by Crippen LogP contribution is -2.37. The lowest BCUT2D eigenvalue weighted by molar-refractivity contribution is -0.129. The quantitative estimate of drug-likeness (QED) is 0.394. The second-order valence-corrected chi connectivity index (χ2v) is 12.1. The van der Waals surface area contributed by atoms with Crippen LogP contribution in [0, 0.1) is 6.92 Å². The van der Waals surface area contributed by atoms with Crippen LogP contribution in [0.4, 0.5) is 5.69 Å². The summed E-state index contributed by atoms with van der Waals surface area (Å²) in [5, 5.41) is 2.79. The molecule has 0 aliphatic carbocycles. The van der Waals surface area contributed by atoms with Gasteiger partial charge in [-0.25, -0.2) is 8.42 Å². The van der Waals surface area contributed by atoms with E-state index in [2.05, 4.69) is 21.2 Å². The van der Waals surface area contributed by atoms with Gasteiger partial charge in [0.1, 0.15) is 0 Å². The van der Waals surface area contributed by atoms with E-state index in [9.17, 15) is 18.0 Å². The number of nitrogens with one attached hydrogen (secondary N) is 1. The van der Waals surface area contributed by atoms with Gasteiger partial charge in [0.15, 0.2) is 0 Å².